The molecule has 0 aromatic carbocycles. The molecule has 4 saturated carbocycles. The van der Waals surface area contributed by atoms with E-state index in [1.807, 2.05) is 0 Å². The summed E-state index contributed by atoms with van der Waals surface area (Å²) in [6.07, 6.45) is -7.08. The van der Waals surface area contributed by atoms with Crippen LogP contribution in [0.5, 0.6) is 0 Å². The van der Waals surface area contributed by atoms with Crippen LogP contribution in [0.3, 0.4) is 0 Å². The zero-order valence-corrected chi connectivity index (χ0v) is 18.1. The molecule has 0 heterocycles. The van der Waals surface area contributed by atoms with E-state index in [9.17, 15) is 40.3 Å². The molecule has 4 rings (SSSR count). The minimum atomic E-state index is -6.11. The molecular weight excluding hydrogens is 451 g/mol. The molecule has 0 amide bonds. The van der Waals surface area contributed by atoms with Gasteiger partial charge in [-0.05, 0) is 70.1 Å². The van der Waals surface area contributed by atoms with Crippen LogP contribution in [-0.4, -0.2) is 49.2 Å². The van der Waals surface area contributed by atoms with Gasteiger partial charge < -0.3 is 9.84 Å². The van der Waals surface area contributed by atoms with Crippen LogP contribution < -0.4 is 0 Å². The maximum absolute atomic E-state index is 14.5. The quantitative estimate of drug-likeness (QED) is 0.325. The highest BCUT2D eigenvalue weighted by molar-refractivity contribution is 7.87. The average molecular weight is 478 g/mol. The summed E-state index contributed by atoms with van der Waals surface area (Å²) in [4.78, 5) is 12.7. The van der Waals surface area contributed by atoms with Crippen LogP contribution in [0.4, 0.5) is 22.0 Å². The molecular formula is C19H27F5O6S. The van der Waals surface area contributed by atoms with Crippen LogP contribution in [-0.2, 0) is 23.8 Å². The maximum atomic E-state index is 14.5. The van der Waals surface area contributed by atoms with Gasteiger partial charge in [0.25, 0.3) is 6.10 Å². The Hall–Kier alpha value is -1.01. The summed E-state index contributed by atoms with van der Waals surface area (Å²) in [5.41, 5.74) is -2.76. The van der Waals surface area contributed by atoms with Crippen LogP contribution in [0.1, 0.15) is 58.8 Å². The van der Waals surface area contributed by atoms with Gasteiger partial charge in [-0.1, -0.05) is 0 Å². The molecule has 0 aliphatic heterocycles. The Balaban J connectivity index is 1.79. The Labute approximate surface area is 177 Å². The molecule has 4 fully saturated rings. The van der Waals surface area contributed by atoms with E-state index in [0.717, 1.165) is 19.3 Å². The fourth-order valence-corrected chi connectivity index (χ4v) is 6.43. The summed E-state index contributed by atoms with van der Waals surface area (Å²) in [6, 6.07) is 0. The van der Waals surface area contributed by atoms with Crippen LogP contribution in [0, 0.1) is 23.2 Å². The number of carbonyl (C=O) groups excluding carboxylic acids is 1. The van der Waals surface area contributed by atoms with Crippen molar-refractivity contribution in [2.24, 2.45) is 23.2 Å². The average Bonchev–Trinajstić information content (AvgIpc) is 2.55. The Kier molecular flexibility index (Phi) is 6.19. The predicted molar refractivity (Wildman–Crippen MR) is 97.3 cm³/mol. The van der Waals surface area contributed by atoms with E-state index in [-0.39, 0.29) is 37.0 Å². The third-order valence-electron chi connectivity index (χ3n) is 6.58. The minimum Gasteiger partial charge on any atom is -0.444 e. The lowest BCUT2D eigenvalue weighted by atomic mass is 9.49. The molecule has 0 aromatic rings. The predicted octanol–water partition coefficient (Wildman–Crippen LogP) is 3.78. The van der Waals surface area contributed by atoms with Crippen LogP contribution in [0.2, 0.25) is 0 Å². The van der Waals surface area contributed by atoms with E-state index in [1.54, 1.807) is 0 Å². The van der Waals surface area contributed by atoms with Crippen molar-refractivity contribution in [1.29, 1.82) is 0 Å². The van der Waals surface area contributed by atoms with Crippen molar-refractivity contribution in [2.75, 3.05) is 6.61 Å². The van der Waals surface area contributed by atoms with E-state index in [0.29, 0.717) is 0 Å². The van der Waals surface area contributed by atoms with Gasteiger partial charge in [-0.2, -0.15) is 30.4 Å². The lowest BCUT2D eigenvalue weighted by molar-refractivity contribution is -0.266. The zero-order chi connectivity index (χ0) is 23.5. The van der Waals surface area contributed by atoms with Crippen molar-refractivity contribution >= 4 is 16.1 Å². The highest BCUT2D eigenvalue weighted by Crippen LogP contribution is 2.60. The second-order valence-electron chi connectivity index (χ2n) is 9.93. The van der Waals surface area contributed by atoms with Crippen molar-refractivity contribution in [3.8, 4) is 0 Å². The fraction of sp³-hybridized carbons (Fsp3) is 0.947. The molecule has 1 atom stereocenters. The van der Waals surface area contributed by atoms with Crippen molar-refractivity contribution in [3.63, 3.8) is 0 Å². The maximum Gasteiger partial charge on any atom is 0.432 e. The monoisotopic (exact) mass is 478 g/mol. The number of halogens is 5. The number of aliphatic hydroxyl groups is 1. The van der Waals surface area contributed by atoms with Crippen LogP contribution >= 0.6 is 0 Å². The van der Waals surface area contributed by atoms with Crippen molar-refractivity contribution in [2.45, 2.75) is 81.9 Å². The third-order valence-corrected chi connectivity index (χ3v) is 7.94. The Morgan fingerprint density at radius 1 is 1.03 bits per heavy atom. The summed E-state index contributed by atoms with van der Waals surface area (Å²) < 4.78 is 102. The van der Waals surface area contributed by atoms with Gasteiger partial charge in [0.15, 0.2) is 0 Å². The van der Waals surface area contributed by atoms with E-state index >= 15 is 0 Å². The second-order valence-corrected chi connectivity index (χ2v) is 11.6. The van der Waals surface area contributed by atoms with Gasteiger partial charge in [0, 0.05) is 6.42 Å². The van der Waals surface area contributed by atoms with Crippen molar-refractivity contribution in [1.82, 2.24) is 0 Å². The van der Waals surface area contributed by atoms with Gasteiger partial charge >= 0.3 is 27.5 Å². The first-order valence-corrected chi connectivity index (χ1v) is 11.6. The Morgan fingerprint density at radius 3 is 1.87 bits per heavy atom. The summed E-state index contributed by atoms with van der Waals surface area (Å²) in [5.74, 6) is -1.01. The number of ether oxygens (including phenoxy) is 1. The van der Waals surface area contributed by atoms with Gasteiger partial charge in [0.2, 0.25) is 0 Å². The normalized spacial score (nSPS) is 32.2. The Morgan fingerprint density at radius 2 is 1.48 bits per heavy atom. The van der Waals surface area contributed by atoms with Crippen molar-refractivity contribution < 1.29 is 49.2 Å². The minimum absolute atomic E-state index is 0.137. The highest BCUT2D eigenvalue weighted by Gasteiger charge is 2.68. The van der Waals surface area contributed by atoms with Crippen LogP contribution in [0.25, 0.3) is 0 Å². The lowest BCUT2D eigenvalue weighted by Gasteiger charge is -2.55. The molecule has 180 valence electrons. The molecule has 4 aliphatic rings. The third kappa shape index (κ3) is 5.00. The number of hydrogen-bond donors (Lipinski definition) is 1. The number of hydrogen-bond acceptors (Lipinski definition) is 6. The van der Waals surface area contributed by atoms with Gasteiger partial charge in [-0.25, -0.2) is 0 Å². The SMILES string of the molecule is CC(C)(O)CCOS(=O)(=O)C(F)(F)C(OC(=O)C12CC3CC(CC(C3)C1)C2)C(F)(F)F. The number of carbonyl (C=O) groups is 1. The molecule has 1 unspecified atom stereocenters. The molecule has 0 aromatic heterocycles. The summed E-state index contributed by atoms with van der Waals surface area (Å²) in [6.45, 7) is 1.52. The smallest absolute Gasteiger partial charge is 0.432 e. The first-order chi connectivity index (χ1) is 14.0. The van der Waals surface area contributed by atoms with Gasteiger partial charge in [-0.3, -0.25) is 8.98 Å². The summed E-state index contributed by atoms with van der Waals surface area (Å²) in [7, 11) is -6.11. The number of rotatable bonds is 8. The first kappa shape index (κ1) is 24.6. The second kappa shape index (κ2) is 7.79. The standard InChI is InChI=1S/C19H27F5O6S/c1-16(2,26)3-4-29-31(27,28)19(23,24)14(18(20,21)22)30-15(25)17-8-11-5-12(9-17)7-13(6-11)10-17/h11-14,26H,3-10H2,1-2H3. The van der Waals surface area contributed by atoms with Gasteiger partial charge in [0.1, 0.15) is 0 Å². The molecule has 4 aliphatic carbocycles. The van der Waals surface area contributed by atoms with Gasteiger partial charge in [-0.15, -0.1) is 0 Å². The molecule has 6 nitrogen and oxygen atoms in total. The van der Waals surface area contributed by atoms with E-state index in [1.165, 1.54) is 13.8 Å². The molecule has 1 N–H and O–H groups in total. The summed E-state index contributed by atoms with van der Waals surface area (Å²) >= 11 is 0. The molecule has 0 radical (unpaired) electrons. The van der Waals surface area contributed by atoms with Crippen molar-refractivity contribution in [3.05, 3.63) is 0 Å². The Bertz CT molecular complexity index is 766. The topological polar surface area (TPSA) is 89.9 Å². The van der Waals surface area contributed by atoms with E-state index in [2.05, 4.69) is 8.92 Å². The molecule has 0 spiro atoms. The number of esters is 1. The largest absolute Gasteiger partial charge is 0.444 e. The number of alkyl halides is 5. The van der Waals surface area contributed by atoms with Gasteiger partial charge in [0.05, 0.1) is 17.6 Å². The van der Waals surface area contributed by atoms with E-state index in [4.69, 9.17) is 0 Å². The fourth-order valence-electron chi connectivity index (χ4n) is 5.53. The van der Waals surface area contributed by atoms with Crippen LogP contribution in [0.15, 0.2) is 0 Å². The van der Waals surface area contributed by atoms with E-state index < -0.39 is 57.7 Å². The molecule has 0 saturated heterocycles. The molecule has 4 bridgehead atoms. The lowest BCUT2D eigenvalue weighted by Crippen LogP contribution is -2.56. The first-order valence-electron chi connectivity index (χ1n) is 10.2. The zero-order valence-electron chi connectivity index (χ0n) is 17.3. The molecule has 31 heavy (non-hydrogen) atoms. The molecule has 12 heteroatoms. The summed E-state index contributed by atoms with van der Waals surface area (Å²) in [5, 5.41) is 3.96. The highest BCUT2D eigenvalue weighted by atomic mass is 32.2.